The molecule has 1 nitrogen and oxygen atoms in total. The van der Waals surface area contributed by atoms with Gasteiger partial charge in [-0.2, -0.15) is 0 Å². The number of hydrogen-bond acceptors (Lipinski definition) is 1. The van der Waals surface area contributed by atoms with Crippen molar-refractivity contribution in [2.45, 2.75) is 33.5 Å². The van der Waals surface area contributed by atoms with Crippen LogP contribution < -0.4 is 0 Å². The van der Waals surface area contributed by atoms with E-state index in [0.29, 0.717) is 0 Å². The Morgan fingerprint density at radius 3 is 1.91 bits per heavy atom. The maximum atomic E-state index is 13.1. The standard InChI is InChI=1S/C9H17FO/c1-6-9(10,11)7(2)8(3,4)5/h6-7,11H,1H2,2-5H3/t7-,9-/m1/s1. The summed E-state index contributed by atoms with van der Waals surface area (Å²) in [4.78, 5) is 0. The van der Waals surface area contributed by atoms with Gasteiger partial charge in [-0.15, -0.1) is 0 Å². The molecule has 0 fully saturated rings. The van der Waals surface area contributed by atoms with Gasteiger partial charge in [0.2, 0.25) is 5.85 Å². The summed E-state index contributed by atoms with van der Waals surface area (Å²) in [6.07, 6.45) is 0.947. The first-order valence-corrected chi connectivity index (χ1v) is 3.76. The van der Waals surface area contributed by atoms with Crippen molar-refractivity contribution in [1.82, 2.24) is 0 Å². The van der Waals surface area contributed by atoms with E-state index in [-0.39, 0.29) is 5.41 Å². The fourth-order valence-electron chi connectivity index (χ4n) is 0.784. The molecule has 0 aliphatic carbocycles. The van der Waals surface area contributed by atoms with E-state index in [4.69, 9.17) is 5.11 Å². The number of rotatable bonds is 2. The van der Waals surface area contributed by atoms with Gasteiger partial charge in [-0.3, -0.25) is 0 Å². The molecule has 0 aliphatic rings. The minimum Gasteiger partial charge on any atom is -0.358 e. The molecule has 0 unspecified atom stereocenters. The Morgan fingerprint density at radius 1 is 1.45 bits per heavy atom. The Kier molecular flexibility index (Phi) is 2.84. The summed E-state index contributed by atoms with van der Waals surface area (Å²) in [5, 5.41) is 9.14. The summed E-state index contributed by atoms with van der Waals surface area (Å²) in [6.45, 7) is 10.6. The van der Waals surface area contributed by atoms with E-state index >= 15 is 0 Å². The molecule has 66 valence electrons. The molecule has 0 radical (unpaired) electrons. The highest BCUT2D eigenvalue weighted by Gasteiger charge is 2.37. The van der Waals surface area contributed by atoms with Crippen molar-refractivity contribution in [1.29, 1.82) is 0 Å². The first kappa shape index (κ1) is 10.6. The second kappa shape index (κ2) is 2.94. The summed E-state index contributed by atoms with van der Waals surface area (Å²) in [5.41, 5.74) is -0.252. The van der Waals surface area contributed by atoms with Crippen LogP contribution in [0.4, 0.5) is 4.39 Å². The highest BCUT2D eigenvalue weighted by molar-refractivity contribution is 4.94. The quantitative estimate of drug-likeness (QED) is 0.615. The van der Waals surface area contributed by atoms with Crippen LogP contribution in [0.1, 0.15) is 27.7 Å². The Hall–Kier alpha value is -0.370. The molecule has 2 heteroatoms. The molecule has 11 heavy (non-hydrogen) atoms. The third-order valence-electron chi connectivity index (χ3n) is 2.19. The van der Waals surface area contributed by atoms with Gasteiger partial charge < -0.3 is 5.11 Å². The van der Waals surface area contributed by atoms with E-state index in [0.717, 1.165) is 6.08 Å². The maximum absolute atomic E-state index is 13.1. The lowest BCUT2D eigenvalue weighted by Gasteiger charge is -2.33. The van der Waals surface area contributed by atoms with E-state index in [2.05, 4.69) is 6.58 Å². The normalized spacial score (nSPS) is 20.5. The predicted molar refractivity (Wildman–Crippen MR) is 44.9 cm³/mol. The van der Waals surface area contributed by atoms with Crippen LogP contribution in [0, 0.1) is 11.3 Å². The van der Waals surface area contributed by atoms with Gasteiger partial charge in [-0.25, -0.2) is 4.39 Å². The first-order chi connectivity index (χ1) is 4.72. The average Bonchev–Trinajstić information content (AvgIpc) is 1.84. The third kappa shape index (κ3) is 2.62. The number of aliphatic hydroxyl groups is 1. The fraction of sp³-hybridized carbons (Fsp3) is 0.778. The highest BCUT2D eigenvalue weighted by atomic mass is 19.2. The lowest BCUT2D eigenvalue weighted by atomic mass is 9.77. The van der Waals surface area contributed by atoms with Gasteiger partial charge in [0.05, 0.1) is 0 Å². The van der Waals surface area contributed by atoms with Crippen molar-refractivity contribution in [2.75, 3.05) is 0 Å². The monoisotopic (exact) mass is 160 g/mol. The SMILES string of the molecule is C=C[C@](O)(F)[C@H](C)C(C)(C)C. The summed E-state index contributed by atoms with van der Waals surface area (Å²) >= 11 is 0. The molecule has 0 heterocycles. The van der Waals surface area contributed by atoms with Gasteiger partial charge in [-0.1, -0.05) is 34.3 Å². The van der Waals surface area contributed by atoms with Gasteiger partial charge >= 0.3 is 0 Å². The average molecular weight is 160 g/mol. The summed E-state index contributed by atoms with van der Waals surface area (Å²) in [6, 6.07) is 0. The molecule has 0 saturated heterocycles. The first-order valence-electron chi connectivity index (χ1n) is 3.76. The topological polar surface area (TPSA) is 20.2 Å². The molecular weight excluding hydrogens is 143 g/mol. The molecular formula is C9H17FO. The lowest BCUT2D eigenvalue weighted by Crippen LogP contribution is -2.37. The molecule has 0 aromatic carbocycles. The van der Waals surface area contributed by atoms with Crippen LogP contribution in [0.25, 0.3) is 0 Å². The third-order valence-corrected chi connectivity index (χ3v) is 2.19. The van der Waals surface area contributed by atoms with Crippen LogP contribution in [0.2, 0.25) is 0 Å². The largest absolute Gasteiger partial charge is 0.358 e. The molecule has 2 atom stereocenters. The summed E-state index contributed by atoms with van der Waals surface area (Å²) in [5.74, 6) is -2.70. The second-order valence-corrected chi connectivity index (χ2v) is 4.02. The van der Waals surface area contributed by atoms with Crippen molar-refractivity contribution < 1.29 is 9.50 Å². The van der Waals surface area contributed by atoms with Gasteiger partial charge in [0, 0.05) is 5.92 Å². The summed E-state index contributed by atoms with van der Waals surface area (Å²) < 4.78 is 13.1. The van der Waals surface area contributed by atoms with E-state index in [1.54, 1.807) is 6.92 Å². The Balaban J connectivity index is 4.48. The van der Waals surface area contributed by atoms with Crippen LogP contribution in [0.5, 0.6) is 0 Å². The number of alkyl halides is 1. The van der Waals surface area contributed by atoms with E-state index in [9.17, 15) is 4.39 Å². The van der Waals surface area contributed by atoms with Crippen molar-refractivity contribution in [3.63, 3.8) is 0 Å². The molecule has 0 aliphatic heterocycles. The van der Waals surface area contributed by atoms with E-state index < -0.39 is 11.8 Å². The lowest BCUT2D eigenvalue weighted by molar-refractivity contribution is -0.116. The fourth-order valence-corrected chi connectivity index (χ4v) is 0.784. The molecule has 0 amide bonds. The number of hydrogen-bond donors (Lipinski definition) is 1. The van der Waals surface area contributed by atoms with Gasteiger partial charge in [0.1, 0.15) is 0 Å². The maximum Gasteiger partial charge on any atom is 0.228 e. The smallest absolute Gasteiger partial charge is 0.228 e. The molecule has 0 bridgehead atoms. The minimum absolute atomic E-state index is 0.252. The Morgan fingerprint density at radius 2 is 1.82 bits per heavy atom. The molecule has 0 aromatic rings. The van der Waals surface area contributed by atoms with E-state index in [1.807, 2.05) is 20.8 Å². The van der Waals surface area contributed by atoms with Crippen LogP contribution in [-0.2, 0) is 0 Å². The van der Waals surface area contributed by atoms with Crippen molar-refractivity contribution in [3.05, 3.63) is 12.7 Å². The van der Waals surface area contributed by atoms with E-state index in [1.165, 1.54) is 0 Å². The van der Waals surface area contributed by atoms with Gasteiger partial charge in [0.15, 0.2) is 0 Å². The van der Waals surface area contributed by atoms with Crippen LogP contribution in [-0.4, -0.2) is 11.0 Å². The Labute approximate surface area is 67.9 Å². The van der Waals surface area contributed by atoms with Crippen LogP contribution in [0.3, 0.4) is 0 Å². The molecule has 0 saturated carbocycles. The second-order valence-electron chi connectivity index (χ2n) is 4.02. The van der Waals surface area contributed by atoms with Crippen molar-refractivity contribution in [2.24, 2.45) is 11.3 Å². The molecule has 0 aromatic heterocycles. The molecule has 0 rings (SSSR count). The zero-order valence-electron chi connectivity index (χ0n) is 7.69. The van der Waals surface area contributed by atoms with Crippen molar-refractivity contribution in [3.8, 4) is 0 Å². The number of halogens is 1. The van der Waals surface area contributed by atoms with Crippen LogP contribution in [0.15, 0.2) is 12.7 Å². The van der Waals surface area contributed by atoms with Gasteiger partial charge in [0.25, 0.3) is 0 Å². The zero-order valence-corrected chi connectivity index (χ0v) is 7.69. The minimum atomic E-state index is -2.25. The summed E-state index contributed by atoms with van der Waals surface area (Å²) in [7, 11) is 0. The van der Waals surface area contributed by atoms with Gasteiger partial charge in [-0.05, 0) is 11.5 Å². The molecule has 1 N–H and O–H groups in total. The zero-order chi connectivity index (χ0) is 9.28. The van der Waals surface area contributed by atoms with Crippen LogP contribution >= 0.6 is 0 Å². The highest BCUT2D eigenvalue weighted by Crippen LogP contribution is 2.35. The van der Waals surface area contributed by atoms with Crippen molar-refractivity contribution >= 4 is 0 Å². The predicted octanol–water partition coefficient (Wildman–Crippen LogP) is 2.51. The molecule has 0 spiro atoms. The Bertz CT molecular complexity index is 144.